The van der Waals surface area contributed by atoms with E-state index in [1.165, 1.54) is 0 Å². The van der Waals surface area contributed by atoms with Gasteiger partial charge in [-0.3, -0.25) is 0 Å². The number of aliphatic carboxylic acids is 2. The average Bonchev–Trinajstić information content (AvgIpc) is 2.09. The third kappa shape index (κ3) is 4.59. The predicted molar refractivity (Wildman–Crippen MR) is 61.2 cm³/mol. The number of hydrogen-bond acceptors (Lipinski definition) is 2. The molecule has 0 atom stereocenters. The number of carboxylic acids is 2. The van der Waals surface area contributed by atoms with E-state index in [1.54, 1.807) is 13.8 Å². The number of allylic oxidation sites excluding steroid dienone is 2. The molecule has 0 aliphatic heterocycles. The van der Waals surface area contributed by atoms with Gasteiger partial charge in [0, 0.05) is 12.8 Å². The molecular weight excluding hydrogens is 208 g/mol. The summed E-state index contributed by atoms with van der Waals surface area (Å²) in [6.45, 7) is 10.5. The molecule has 0 aromatic rings. The first-order chi connectivity index (χ1) is 7.25. The van der Waals surface area contributed by atoms with Crippen LogP contribution < -0.4 is 0 Å². The van der Waals surface area contributed by atoms with Crippen LogP contribution in [0.5, 0.6) is 0 Å². The van der Waals surface area contributed by atoms with Crippen molar-refractivity contribution >= 4 is 11.9 Å². The van der Waals surface area contributed by atoms with Gasteiger partial charge in [-0.15, -0.1) is 0 Å². The molecule has 16 heavy (non-hydrogen) atoms. The van der Waals surface area contributed by atoms with Gasteiger partial charge in [-0.1, -0.05) is 24.3 Å². The van der Waals surface area contributed by atoms with Crippen molar-refractivity contribution in [2.45, 2.75) is 26.7 Å². The number of rotatable bonds is 6. The van der Waals surface area contributed by atoms with Crippen molar-refractivity contribution in [3.63, 3.8) is 0 Å². The molecule has 0 saturated carbocycles. The van der Waals surface area contributed by atoms with Crippen molar-refractivity contribution in [2.75, 3.05) is 0 Å². The van der Waals surface area contributed by atoms with E-state index in [-0.39, 0.29) is 24.0 Å². The van der Waals surface area contributed by atoms with Gasteiger partial charge in [-0.2, -0.15) is 0 Å². The van der Waals surface area contributed by atoms with Crippen molar-refractivity contribution < 1.29 is 19.8 Å². The van der Waals surface area contributed by atoms with E-state index in [0.717, 1.165) is 0 Å². The summed E-state index contributed by atoms with van der Waals surface area (Å²) in [4.78, 5) is 21.9. The fourth-order valence-electron chi connectivity index (χ4n) is 1.23. The maximum Gasteiger partial charge on any atom is 0.332 e. The van der Waals surface area contributed by atoms with Crippen molar-refractivity contribution in [3.8, 4) is 0 Å². The molecule has 0 heterocycles. The van der Waals surface area contributed by atoms with Gasteiger partial charge in [0.25, 0.3) is 0 Å². The zero-order chi connectivity index (χ0) is 12.9. The van der Waals surface area contributed by atoms with E-state index >= 15 is 0 Å². The van der Waals surface area contributed by atoms with Crippen molar-refractivity contribution in [1.29, 1.82) is 0 Å². The van der Waals surface area contributed by atoms with Crippen LogP contribution >= 0.6 is 0 Å². The van der Waals surface area contributed by atoms with Crippen molar-refractivity contribution in [2.24, 2.45) is 0 Å². The molecule has 0 bridgehead atoms. The van der Waals surface area contributed by atoms with E-state index in [4.69, 9.17) is 10.2 Å². The number of hydrogen-bond donors (Lipinski definition) is 2. The Morgan fingerprint density at radius 1 is 0.875 bits per heavy atom. The van der Waals surface area contributed by atoms with Crippen molar-refractivity contribution in [3.05, 3.63) is 35.5 Å². The summed E-state index contributed by atoms with van der Waals surface area (Å²) in [6, 6.07) is 0. The topological polar surface area (TPSA) is 74.6 Å². The van der Waals surface area contributed by atoms with Crippen LogP contribution in [0, 0.1) is 0 Å². The Hall–Kier alpha value is -1.84. The molecule has 0 fully saturated rings. The second-order valence-corrected chi connectivity index (χ2v) is 3.84. The lowest BCUT2D eigenvalue weighted by molar-refractivity contribution is -0.136. The molecule has 0 rings (SSSR count). The molecule has 0 aromatic carbocycles. The first-order valence-corrected chi connectivity index (χ1v) is 4.73. The van der Waals surface area contributed by atoms with Crippen LogP contribution in [0.15, 0.2) is 35.5 Å². The Balaban J connectivity index is 5.43. The maximum atomic E-state index is 11.0. The predicted octanol–water partition coefficient (Wildman–Crippen LogP) is 2.38. The highest BCUT2D eigenvalue weighted by atomic mass is 16.4. The molecule has 0 radical (unpaired) electrons. The summed E-state index contributed by atoms with van der Waals surface area (Å²) in [7, 11) is 0. The van der Waals surface area contributed by atoms with Gasteiger partial charge < -0.3 is 10.2 Å². The highest BCUT2D eigenvalue weighted by Gasteiger charge is 2.19. The van der Waals surface area contributed by atoms with Crippen LogP contribution in [0.25, 0.3) is 0 Å². The van der Waals surface area contributed by atoms with E-state index < -0.39 is 11.9 Å². The Kier molecular flexibility index (Phi) is 5.22. The zero-order valence-electron chi connectivity index (χ0n) is 9.54. The largest absolute Gasteiger partial charge is 0.478 e. The first-order valence-electron chi connectivity index (χ1n) is 4.73. The maximum absolute atomic E-state index is 11.0. The molecule has 4 nitrogen and oxygen atoms in total. The highest BCUT2D eigenvalue weighted by molar-refractivity contribution is 5.99. The minimum absolute atomic E-state index is 0.0598. The van der Waals surface area contributed by atoms with E-state index in [1.807, 2.05) is 0 Å². The van der Waals surface area contributed by atoms with E-state index in [0.29, 0.717) is 11.1 Å². The molecule has 4 heteroatoms. The molecule has 0 aromatic heterocycles. The van der Waals surface area contributed by atoms with Gasteiger partial charge >= 0.3 is 11.9 Å². The van der Waals surface area contributed by atoms with Crippen molar-refractivity contribution in [1.82, 2.24) is 0 Å². The van der Waals surface area contributed by atoms with Crippen LogP contribution in [0.2, 0.25) is 0 Å². The second kappa shape index (κ2) is 5.90. The number of carboxylic acid groups (broad SMARTS) is 2. The lowest BCUT2D eigenvalue weighted by Crippen LogP contribution is -2.12. The van der Waals surface area contributed by atoms with Gasteiger partial charge in [-0.25, -0.2) is 9.59 Å². The monoisotopic (exact) mass is 224 g/mol. The normalized spacial score (nSPS) is 11.6. The van der Waals surface area contributed by atoms with Crippen LogP contribution in [-0.4, -0.2) is 22.2 Å². The summed E-state index contributed by atoms with van der Waals surface area (Å²) in [6.07, 6.45) is 0.120. The lowest BCUT2D eigenvalue weighted by atomic mass is 9.97. The van der Waals surface area contributed by atoms with Gasteiger partial charge in [0.1, 0.15) is 0 Å². The second-order valence-electron chi connectivity index (χ2n) is 3.84. The molecule has 88 valence electrons. The number of carbonyl (C=O) groups is 2. The Labute approximate surface area is 94.6 Å². The highest BCUT2D eigenvalue weighted by Crippen LogP contribution is 2.20. The summed E-state index contributed by atoms with van der Waals surface area (Å²) in [5.74, 6) is -2.44. The minimum atomic E-state index is -1.22. The van der Waals surface area contributed by atoms with Crippen LogP contribution in [0.1, 0.15) is 26.7 Å². The van der Waals surface area contributed by atoms with E-state index in [9.17, 15) is 9.59 Å². The average molecular weight is 224 g/mol. The van der Waals surface area contributed by atoms with E-state index in [2.05, 4.69) is 13.2 Å². The third-order valence-electron chi connectivity index (χ3n) is 1.84. The van der Waals surface area contributed by atoms with Crippen LogP contribution in [0.4, 0.5) is 0 Å². The standard InChI is InChI=1S/C12H16O4/c1-7(2)5-9(11(13)14)10(12(15)16)6-8(3)4/h1,3,5-6H2,2,4H3,(H,13,14)(H,15,16)/b10-9-. The molecule has 0 amide bonds. The van der Waals surface area contributed by atoms with Crippen LogP contribution in [-0.2, 0) is 9.59 Å². The summed E-state index contributed by atoms with van der Waals surface area (Å²) in [5.41, 5.74) is 0.974. The zero-order valence-corrected chi connectivity index (χ0v) is 9.54. The van der Waals surface area contributed by atoms with Gasteiger partial charge in [0.2, 0.25) is 0 Å². The summed E-state index contributed by atoms with van der Waals surface area (Å²) >= 11 is 0. The molecule has 0 aliphatic rings. The Morgan fingerprint density at radius 3 is 1.25 bits per heavy atom. The Bertz CT molecular complexity index is 338. The summed E-state index contributed by atoms with van der Waals surface area (Å²) in [5, 5.41) is 17.9. The first kappa shape index (κ1) is 14.2. The smallest absolute Gasteiger partial charge is 0.332 e. The fraction of sp³-hybridized carbons (Fsp3) is 0.333. The quantitative estimate of drug-likeness (QED) is 0.536. The van der Waals surface area contributed by atoms with Crippen LogP contribution in [0.3, 0.4) is 0 Å². The fourth-order valence-corrected chi connectivity index (χ4v) is 1.23. The van der Waals surface area contributed by atoms with Gasteiger partial charge in [0.15, 0.2) is 0 Å². The molecular formula is C12H16O4. The third-order valence-corrected chi connectivity index (χ3v) is 1.84. The molecule has 0 unspecified atom stereocenters. The molecule has 2 N–H and O–H groups in total. The Morgan fingerprint density at radius 2 is 1.12 bits per heavy atom. The lowest BCUT2D eigenvalue weighted by Gasteiger charge is -2.08. The SMILES string of the molecule is C=C(C)C/C(C(=O)O)=C(\CC(=C)C)C(=O)O. The van der Waals surface area contributed by atoms with Gasteiger partial charge in [-0.05, 0) is 13.8 Å². The molecule has 0 aliphatic carbocycles. The molecule has 0 saturated heterocycles. The molecule has 0 spiro atoms. The summed E-state index contributed by atoms with van der Waals surface area (Å²) < 4.78 is 0. The van der Waals surface area contributed by atoms with Gasteiger partial charge in [0.05, 0.1) is 11.1 Å². The minimum Gasteiger partial charge on any atom is -0.478 e.